The van der Waals surface area contributed by atoms with E-state index in [1.54, 1.807) is 0 Å². The molecule has 0 saturated carbocycles. The van der Waals surface area contributed by atoms with E-state index < -0.39 is 12.0 Å². The number of carboxylic acids is 1. The third kappa shape index (κ3) is 3.38. The summed E-state index contributed by atoms with van der Waals surface area (Å²) in [5, 5.41) is 9.02. The summed E-state index contributed by atoms with van der Waals surface area (Å²) < 4.78 is 5.52. The summed E-state index contributed by atoms with van der Waals surface area (Å²) in [6.45, 7) is 0.247. The number of carbonyl (C=O) groups excluding carboxylic acids is 1. The van der Waals surface area contributed by atoms with Crippen LogP contribution in [-0.4, -0.2) is 36.0 Å². The molecule has 128 valence electrons. The molecule has 1 atom stereocenters. The van der Waals surface area contributed by atoms with Crippen LogP contribution in [0.5, 0.6) is 0 Å². The summed E-state index contributed by atoms with van der Waals surface area (Å²) >= 11 is 0. The molecule has 0 spiro atoms. The van der Waals surface area contributed by atoms with Crippen molar-refractivity contribution in [2.45, 2.75) is 18.4 Å². The molecule has 2 aromatic rings. The van der Waals surface area contributed by atoms with Crippen LogP contribution in [0.3, 0.4) is 0 Å². The molecule has 25 heavy (non-hydrogen) atoms. The van der Waals surface area contributed by atoms with E-state index in [2.05, 4.69) is 17.1 Å². The molecule has 0 fully saturated rings. The van der Waals surface area contributed by atoms with E-state index in [0.29, 0.717) is 6.29 Å². The van der Waals surface area contributed by atoms with E-state index in [9.17, 15) is 9.59 Å². The average molecular weight is 338 g/mol. The van der Waals surface area contributed by atoms with Crippen molar-refractivity contribution < 1.29 is 19.4 Å². The van der Waals surface area contributed by atoms with Gasteiger partial charge in [-0.05, 0) is 22.3 Å². The van der Waals surface area contributed by atoms with Crippen LogP contribution < -0.4 is 5.73 Å². The predicted molar refractivity (Wildman–Crippen MR) is 93.4 cm³/mol. The maximum absolute atomic E-state index is 11.0. The predicted octanol–water partition coefficient (Wildman–Crippen LogP) is 2.17. The van der Waals surface area contributed by atoms with Crippen molar-refractivity contribution in [3.63, 3.8) is 0 Å². The molecule has 2 aromatic carbocycles. The fourth-order valence-electron chi connectivity index (χ4n) is 3.10. The minimum absolute atomic E-state index is 0.00417. The van der Waals surface area contributed by atoms with E-state index >= 15 is 0 Å². The number of amidine groups is 1. The molecule has 0 radical (unpaired) electrons. The standard InChI is InChI=1S/C19H18N2O4/c20-19(21-17(9-10-22)18(23)24)25-11-16-14-7-3-1-5-12(14)13-6-2-4-8-15(13)16/h1-8,10,16-17H,9,11H2,(H2,20,21)(H,23,24). The highest BCUT2D eigenvalue weighted by molar-refractivity contribution is 5.82. The Hall–Kier alpha value is -3.15. The highest BCUT2D eigenvalue weighted by Gasteiger charge is 2.28. The van der Waals surface area contributed by atoms with Crippen LogP contribution in [0.4, 0.5) is 0 Å². The summed E-state index contributed by atoms with van der Waals surface area (Å²) in [5.74, 6) is -1.22. The van der Waals surface area contributed by atoms with Crippen molar-refractivity contribution in [1.29, 1.82) is 0 Å². The van der Waals surface area contributed by atoms with Crippen LogP contribution in [-0.2, 0) is 14.3 Å². The number of aliphatic carboxylic acids is 1. The molecule has 6 nitrogen and oxygen atoms in total. The van der Waals surface area contributed by atoms with Crippen LogP contribution >= 0.6 is 0 Å². The van der Waals surface area contributed by atoms with Gasteiger partial charge in [0.25, 0.3) is 6.02 Å². The third-order valence-electron chi connectivity index (χ3n) is 4.25. The maximum Gasteiger partial charge on any atom is 0.329 e. The van der Waals surface area contributed by atoms with Crippen LogP contribution in [0, 0.1) is 0 Å². The number of hydrogen-bond donors (Lipinski definition) is 2. The molecule has 0 amide bonds. The molecule has 3 N–H and O–H groups in total. The molecular weight excluding hydrogens is 320 g/mol. The number of aliphatic imine (C=N–C) groups is 1. The van der Waals surface area contributed by atoms with Gasteiger partial charge in [-0.2, -0.15) is 0 Å². The van der Waals surface area contributed by atoms with Crippen LogP contribution in [0.25, 0.3) is 11.1 Å². The van der Waals surface area contributed by atoms with Gasteiger partial charge in [-0.1, -0.05) is 48.5 Å². The van der Waals surface area contributed by atoms with E-state index in [4.69, 9.17) is 15.6 Å². The van der Waals surface area contributed by atoms with Gasteiger partial charge in [0.1, 0.15) is 12.9 Å². The Bertz CT molecular complexity index is 786. The summed E-state index contributed by atoms with van der Waals surface area (Å²) in [4.78, 5) is 25.3. The highest BCUT2D eigenvalue weighted by atomic mass is 16.5. The van der Waals surface area contributed by atoms with Gasteiger partial charge in [0.05, 0.1) is 0 Å². The molecule has 0 aromatic heterocycles. The molecule has 0 saturated heterocycles. The number of carbonyl (C=O) groups is 2. The van der Waals surface area contributed by atoms with Gasteiger partial charge in [-0.3, -0.25) is 0 Å². The molecule has 0 aliphatic heterocycles. The smallest absolute Gasteiger partial charge is 0.329 e. The Labute approximate surface area is 145 Å². The lowest BCUT2D eigenvalue weighted by atomic mass is 9.98. The molecule has 1 aliphatic carbocycles. The molecular formula is C19H18N2O4. The first-order chi connectivity index (χ1) is 12.1. The number of benzene rings is 2. The second kappa shape index (κ2) is 7.17. The number of rotatable bonds is 6. The Morgan fingerprint density at radius 1 is 1.16 bits per heavy atom. The Balaban J connectivity index is 1.79. The summed E-state index contributed by atoms with van der Waals surface area (Å²) in [5.41, 5.74) is 10.3. The van der Waals surface area contributed by atoms with Crippen molar-refractivity contribution in [2.75, 3.05) is 6.61 Å². The Morgan fingerprint density at radius 2 is 1.72 bits per heavy atom. The highest BCUT2D eigenvalue weighted by Crippen LogP contribution is 2.44. The largest absolute Gasteiger partial charge is 0.480 e. The number of hydrogen-bond acceptors (Lipinski definition) is 4. The monoisotopic (exact) mass is 338 g/mol. The van der Waals surface area contributed by atoms with Crippen molar-refractivity contribution in [2.24, 2.45) is 10.7 Å². The molecule has 0 heterocycles. The number of nitrogens with two attached hydrogens (primary N) is 1. The van der Waals surface area contributed by atoms with Gasteiger partial charge in [0, 0.05) is 12.3 Å². The first kappa shape index (κ1) is 16.7. The minimum Gasteiger partial charge on any atom is -0.480 e. The normalized spacial score (nSPS) is 14.5. The zero-order chi connectivity index (χ0) is 17.8. The molecule has 6 heteroatoms. The van der Waals surface area contributed by atoms with E-state index in [0.717, 1.165) is 22.3 Å². The van der Waals surface area contributed by atoms with Crippen LogP contribution in [0.1, 0.15) is 23.5 Å². The number of carboxylic acid groups (broad SMARTS) is 1. The lowest BCUT2D eigenvalue weighted by Gasteiger charge is -2.15. The Morgan fingerprint density at radius 3 is 2.24 bits per heavy atom. The minimum atomic E-state index is -1.22. The van der Waals surface area contributed by atoms with Gasteiger partial charge in [0.15, 0.2) is 6.04 Å². The lowest BCUT2D eigenvalue weighted by molar-refractivity contribution is -0.139. The van der Waals surface area contributed by atoms with E-state index in [-0.39, 0.29) is 25.0 Å². The quantitative estimate of drug-likeness (QED) is 0.477. The zero-order valence-corrected chi connectivity index (χ0v) is 13.5. The van der Waals surface area contributed by atoms with Gasteiger partial charge < -0.3 is 20.4 Å². The van der Waals surface area contributed by atoms with Gasteiger partial charge in [0.2, 0.25) is 0 Å². The number of nitrogens with zero attached hydrogens (tertiary/aromatic N) is 1. The molecule has 3 rings (SSSR count). The van der Waals surface area contributed by atoms with E-state index in [1.165, 1.54) is 0 Å². The van der Waals surface area contributed by atoms with Crippen LogP contribution in [0.2, 0.25) is 0 Å². The van der Waals surface area contributed by atoms with Crippen molar-refractivity contribution in [1.82, 2.24) is 0 Å². The zero-order valence-electron chi connectivity index (χ0n) is 13.5. The second-order valence-electron chi connectivity index (χ2n) is 5.76. The van der Waals surface area contributed by atoms with Crippen molar-refractivity contribution >= 4 is 18.3 Å². The fourth-order valence-corrected chi connectivity index (χ4v) is 3.10. The molecule has 1 aliphatic rings. The van der Waals surface area contributed by atoms with E-state index in [1.807, 2.05) is 36.4 Å². The number of aldehydes is 1. The van der Waals surface area contributed by atoms with Gasteiger partial charge in [-0.25, -0.2) is 9.79 Å². The summed E-state index contributed by atoms with van der Waals surface area (Å²) in [6, 6.07) is 14.7. The van der Waals surface area contributed by atoms with Crippen molar-refractivity contribution in [3.05, 3.63) is 59.7 Å². The average Bonchev–Trinajstić information content (AvgIpc) is 2.93. The second-order valence-corrected chi connectivity index (χ2v) is 5.76. The third-order valence-corrected chi connectivity index (χ3v) is 4.25. The van der Waals surface area contributed by atoms with Gasteiger partial charge in [-0.15, -0.1) is 0 Å². The first-order valence-corrected chi connectivity index (χ1v) is 7.92. The SMILES string of the molecule is NC(=NC(CC=O)C(=O)O)OCC1c2ccccc2-c2ccccc21. The maximum atomic E-state index is 11.0. The lowest BCUT2D eigenvalue weighted by Crippen LogP contribution is -2.26. The van der Waals surface area contributed by atoms with Crippen molar-refractivity contribution in [3.8, 4) is 11.1 Å². The molecule has 0 bridgehead atoms. The van der Waals surface area contributed by atoms with Gasteiger partial charge >= 0.3 is 5.97 Å². The molecule has 1 unspecified atom stereocenters. The van der Waals surface area contributed by atoms with Crippen LogP contribution in [0.15, 0.2) is 53.5 Å². The first-order valence-electron chi connectivity index (χ1n) is 7.92. The number of fused-ring (bicyclic) bond motifs is 3. The summed E-state index contributed by atoms with van der Waals surface area (Å²) in [6.07, 6.45) is 0.257. The fraction of sp³-hybridized carbons (Fsp3) is 0.211. The topological polar surface area (TPSA) is 102 Å². The Kier molecular flexibility index (Phi) is 4.79. The summed E-state index contributed by atoms with van der Waals surface area (Å²) in [7, 11) is 0. The number of ether oxygens (including phenoxy) is 1.